The molecule has 5 rings (SSSR count). The Morgan fingerprint density at radius 3 is 2.31 bits per heavy atom. The number of sulfonamides is 1. The molecule has 10 nitrogen and oxygen atoms in total. The van der Waals surface area contributed by atoms with Crippen molar-refractivity contribution in [2.45, 2.75) is 17.9 Å². The van der Waals surface area contributed by atoms with Crippen molar-refractivity contribution >= 4 is 28.8 Å². The first-order valence-corrected chi connectivity index (χ1v) is 11.7. The minimum absolute atomic E-state index is 0. The molecule has 0 saturated heterocycles. The molecule has 0 bridgehead atoms. The predicted octanol–water partition coefficient (Wildman–Crippen LogP) is 3.55. The number of carbonyl (C=O) groups is 1. The quantitative estimate of drug-likeness (QED) is 0.227. The molecule has 0 fully saturated rings. The van der Waals surface area contributed by atoms with Crippen LogP contribution in [0.25, 0.3) is 5.69 Å². The highest BCUT2D eigenvalue weighted by Gasteiger charge is 2.29. The maximum atomic E-state index is 13.0. The lowest BCUT2D eigenvalue weighted by Crippen LogP contribution is -2.35. The predicted molar refractivity (Wildman–Crippen MR) is 128 cm³/mol. The Morgan fingerprint density at radius 2 is 1.71 bits per heavy atom. The second-order valence-electron chi connectivity index (χ2n) is 7.22. The lowest BCUT2D eigenvalue weighted by molar-refractivity contribution is -0.116. The molecule has 2 aromatic carbocycles. The third-order valence-electron chi connectivity index (χ3n) is 5.14. The highest BCUT2D eigenvalue weighted by atomic mass is 35.5. The van der Waals surface area contributed by atoms with E-state index in [1.54, 1.807) is 41.4 Å². The molecule has 0 spiro atoms. The SMILES string of the molecule is Cl.O=CNO.O=S(=O)(c1ccc(Oc2ccc(-n3cccn3)cc2)cc1)N1CCc2ccoc2C1. The lowest BCUT2D eigenvalue weighted by atomic mass is 10.1. The molecule has 0 atom stereocenters. The van der Waals surface area contributed by atoms with Gasteiger partial charge in [-0.1, -0.05) is 0 Å². The van der Waals surface area contributed by atoms with Crippen molar-refractivity contribution in [3.05, 3.63) is 90.6 Å². The third kappa shape index (κ3) is 6.08. The Kier molecular flexibility index (Phi) is 8.66. The molecule has 3 heterocycles. The van der Waals surface area contributed by atoms with E-state index in [4.69, 9.17) is 19.2 Å². The van der Waals surface area contributed by atoms with Crippen molar-refractivity contribution in [1.82, 2.24) is 19.6 Å². The van der Waals surface area contributed by atoms with E-state index in [-0.39, 0.29) is 30.3 Å². The second-order valence-corrected chi connectivity index (χ2v) is 9.16. The van der Waals surface area contributed by atoms with Gasteiger partial charge in [0, 0.05) is 18.9 Å². The van der Waals surface area contributed by atoms with Crippen LogP contribution >= 0.6 is 12.4 Å². The number of benzene rings is 2. The van der Waals surface area contributed by atoms with Gasteiger partial charge in [0.15, 0.2) is 0 Å². The lowest BCUT2D eigenvalue weighted by Gasteiger charge is -2.25. The molecule has 1 amide bonds. The molecule has 1 aliphatic rings. The molecule has 0 saturated carbocycles. The van der Waals surface area contributed by atoms with Crippen LogP contribution in [0.1, 0.15) is 11.3 Å². The van der Waals surface area contributed by atoms with Crippen LogP contribution in [0, 0.1) is 0 Å². The van der Waals surface area contributed by atoms with Gasteiger partial charge in [-0.25, -0.2) is 18.6 Å². The van der Waals surface area contributed by atoms with Gasteiger partial charge in [-0.05, 0) is 72.6 Å². The molecule has 1 aliphatic heterocycles. The zero-order valence-electron chi connectivity index (χ0n) is 18.4. The summed E-state index contributed by atoms with van der Waals surface area (Å²) in [6, 6.07) is 17.7. The van der Waals surface area contributed by atoms with Crippen LogP contribution in [-0.2, 0) is 27.8 Å². The smallest absolute Gasteiger partial charge is 0.243 e. The highest BCUT2D eigenvalue weighted by Crippen LogP contribution is 2.28. The number of hydroxylamine groups is 1. The van der Waals surface area contributed by atoms with Crippen LogP contribution in [0.2, 0.25) is 0 Å². The fourth-order valence-corrected chi connectivity index (χ4v) is 4.87. The molecule has 0 aliphatic carbocycles. The van der Waals surface area contributed by atoms with E-state index in [1.807, 2.05) is 42.6 Å². The van der Waals surface area contributed by atoms with Crippen LogP contribution in [-0.4, -0.2) is 40.7 Å². The summed E-state index contributed by atoms with van der Waals surface area (Å²) < 4.78 is 40.4. The van der Waals surface area contributed by atoms with Gasteiger partial charge in [-0.15, -0.1) is 12.4 Å². The number of furan rings is 1. The number of ether oxygens (including phenoxy) is 1. The van der Waals surface area contributed by atoms with E-state index in [2.05, 4.69) is 5.10 Å². The average molecular weight is 519 g/mol. The molecule has 2 aromatic heterocycles. The van der Waals surface area contributed by atoms with Gasteiger partial charge < -0.3 is 9.15 Å². The summed E-state index contributed by atoms with van der Waals surface area (Å²) >= 11 is 0. The van der Waals surface area contributed by atoms with Gasteiger partial charge in [0.05, 0.1) is 23.4 Å². The van der Waals surface area contributed by atoms with Crippen molar-refractivity contribution in [3.8, 4) is 17.2 Å². The van der Waals surface area contributed by atoms with Gasteiger partial charge in [0.25, 0.3) is 0 Å². The van der Waals surface area contributed by atoms with Crippen LogP contribution in [0.3, 0.4) is 0 Å². The van der Waals surface area contributed by atoms with E-state index in [1.165, 1.54) is 9.79 Å². The van der Waals surface area contributed by atoms with Gasteiger partial charge in [-0.3, -0.25) is 10.0 Å². The van der Waals surface area contributed by atoms with Crippen molar-refractivity contribution in [2.24, 2.45) is 0 Å². The second kappa shape index (κ2) is 11.7. The molecular weight excluding hydrogens is 496 g/mol. The zero-order valence-corrected chi connectivity index (χ0v) is 20.0. The average Bonchev–Trinajstić information content (AvgIpc) is 3.57. The Labute approximate surface area is 208 Å². The fraction of sp³-hybridized carbons (Fsp3) is 0.130. The monoisotopic (exact) mass is 518 g/mol. The van der Waals surface area contributed by atoms with Gasteiger partial charge in [-0.2, -0.15) is 9.40 Å². The Balaban J connectivity index is 0.000000638. The highest BCUT2D eigenvalue weighted by molar-refractivity contribution is 7.89. The minimum atomic E-state index is -3.59. The fourth-order valence-electron chi connectivity index (χ4n) is 3.47. The number of carbonyl (C=O) groups excluding carboxylic acids is 1. The van der Waals surface area contributed by atoms with Crippen molar-refractivity contribution < 1.29 is 27.6 Å². The maximum Gasteiger partial charge on any atom is 0.243 e. The van der Waals surface area contributed by atoms with Crippen LogP contribution in [0.5, 0.6) is 11.5 Å². The van der Waals surface area contributed by atoms with E-state index in [0.29, 0.717) is 30.2 Å². The molecule has 0 radical (unpaired) electrons. The Morgan fingerprint density at radius 1 is 1.06 bits per heavy atom. The normalized spacial score (nSPS) is 12.9. The number of aromatic nitrogens is 2. The summed E-state index contributed by atoms with van der Waals surface area (Å²) in [5, 5.41) is 11.4. The van der Waals surface area contributed by atoms with Crippen molar-refractivity contribution in [2.75, 3.05) is 6.54 Å². The van der Waals surface area contributed by atoms with Crippen molar-refractivity contribution in [1.29, 1.82) is 0 Å². The summed E-state index contributed by atoms with van der Waals surface area (Å²) in [5.74, 6) is 1.93. The molecule has 184 valence electrons. The van der Waals surface area contributed by atoms with Crippen molar-refractivity contribution in [3.63, 3.8) is 0 Å². The first-order valence-electron chi connectivity index (χ1n) is 10.3. The number of hydrogen-bond acceptors (Lipinski definition) is 7. The number of halogens is 1. The van der Waals surface area contributed by atoms with E-state index in [9.17, 15) is 8.42 Å². The van der Waals surface area contributed by atoms with Gasteiger partial charge in [0.1, 0.15) is 17.3 Å². The largest absolute Gasteiger partial charge is 0.468 e. The Hall–Kier alpha value is -3.64. The van der Waals surface area contributed by atoms with Crippen LogP contribution in [0.15, 0.2) is 88.6 Å². The van der Waals surface area contributed by atoms with E-state index in [0.717, 1.165) is 11.3 Å². The number of hydrogen-bond donors (Lipinski definition) is 2. The molecular formula is C23H23ClN4O6S. The number of nitrogens with zero attached hydrogens (tertiary/aromatic N) is 3. The third-order valence-corrected chi connectivity index (χ3v) is 7.00. The van der Waals surface area contributed by atoms with E-state index >= 15 is 0 Å². The van der Waals surface area contributed by atoms with E-state index < -0.39 is 10.0 Å². The number of rotatable bonds is 6. The summed E-state index contributed by atoms with van der Waals surface area (Å²) in [5.41, 5.74) is 3.25. The van der Waals surface area contributed by atoms with Crippen LogP contribution in [0.4, 0.5) is 0 Å². The standard InChI is InChI=1S/C22H19N3O4S.CH3NO2.ClH/c26-30(27,24-14-10-17-11-15-28-22(17)16-24)21-8-6-20(7-9-21)29-19-4-2-18(3-5-19)25-13-1-12-23-25;3-1-2-4;/h1-9,11-13,15H,10,14,16H2;1,4H,(H,2,3);1H. The minimum Gasteiger partial charge on any atom is -0.468 e. The number of fused-ring (bicyclic) bond motifs is 1. The number of amides is 1. The molecule has 4 aromatic rings. The topological polar surface area (TPSA) is 127 Å². The Bertz CT molecular complexity index is 1320. The first kappa shape index (κ1) is 26.0. The van der Waals surface area contributed by atoms with Gasteiger partial charge in [0.2, 0.25) is 16.4 Å². The summed E-state index contributed by atoms with van der Waals surface area (Å²) in [4.78, 5) is 9.05. The first-order chi connectivity index (χ1) is 16.5. The molecule has 0 unspecified atom stereocenters. The van der Waals surface area contributed by atoms with Crippen LogP contribution < -0.4 is 10.2 Å². The molecule has 2 N–H and O–H groups in total. The zero-order chi connectivity index (χ0) is 24.0. The molecule has 35 heavy (non-hydrogen) atoms. The summed E-state index contributed by atoms with van der Waals surface area (Å²) in [6.45, 7) is 0.696. The summed E-state index contributed by atoms with van der Waals surface area (Å²) in [6.07, 6.45) is 6.02. The number of nitrogens with one attached hydrogen (secondary N) is 1. The summed E-state index contributed by atoms with van der Waals surface area (Å²) in [7, 11) is -3.59. The maximum absolute atomic E-state index is 13.0. The van der Waals surface area contributed by atoms with Gasteiger partial charge >= 0.3 is 0 Å². The molecule has 12 heteroatoms.